The molecule has 1 aromatic carbocycles. The van der Waals surface area contributed by atoms with E-state index in [0.29, 0.717) is 12.2 Å². The summed E-state index contributed by atoms with van der Waals surface area (Å²) in [4.78, 5) is 0. The topological polar surface area (TPSA) is 101 Å². The number of para-hydroxylation sites is 1. The minimum atomic E-state index is -0.244. The largest absolute Gasteiger partial charge is 0.345 e. The van der Waals surface area contributed by atoms with E-state index in [0.717, 1.165) is 5.56 Å². The number of allylic oxidation sites excluding steroid dienone is 2. The Labute approximate surface area is 121 Å². The van der Waals surface area contributed by atoms with Crippen molar-refractivity contribution < 1.29 is 0 Å². The molecule has 0 atom stereocenters. The third-order valence-corrected chi connectivity index (χ3v) is 2.75. The van der Waals surface area contributed by atoms with E-state index in [1.165, 1.54) is 0 Å². The Morgan fingerprint density at radius 3 is 2.48 bits per heavy atom. The first-order chi connectivity index (χ1) is 10.3. The molecule has 0 saturated heterocycles. The van der Waals surface area contributed by atoms with Crippen LogP contribution in [0.2, 0.25) is 0 Å². The number of aromatic nitrogens is 2. The van der Waals surface area contributed by atoms with E-state index < -0.39 is 0 Å². The van der Waals surface area contributed by atoms with Crippen molar-refractivity contribution in [3.05, 3.63) is 59.6 Å². The van der Waals surface area contributed by atoms with Gasteiger partial charge >= 0.3 is 0 Å². The molecule has 6 heteroatoms. The number of nitrogens with zero attached hydrogens (tertiary/aromatic N) is 5. The van der Waals surface area contributed by atoms with Crippen molar-refractivity contribution in [2.24, 2.45) is 0 Å². The first-order valence-corrected chi connectivity index (χ1v) is 6.05. The maximum atomic E-state index is 9.08. The zero-order valence-corrected chi connectivity index (χ0v) is 11.0. The van der Waals surface area contributed by atoms with Crippen LogP contribution in [0, 0.1) is 34.0 Å². The fourth-order valence-corrected chi connectivity index (χ4v) is 1.77. The van der Waals surface area contributed by atoms with Gasteiger partial charge in [0.2, 0.25) is 0 Å². The molecule has 0 amide bonds. The zero-order chi connectivity index (χ0) is 15.1. The number of rotatable bonds is 4. The first-order valence-electron chi connectivity index (χ1n) is 6.05. The summed E-state index contributed by atoms with van der Waals surface area (Å²) in [6.07, 6.45) is 3.51. The molecule has 100 valence electrons. The van der Waals surface area contributed by atoms with Crippen LogP contribution in [0.15, 0.2) is 54.0 Å². The minimum Gasteiger partial charge on any atom is -0.345 e. The van der Waals surface area contributed by atoms with Gasteiger partial charge in [-0.25, -0.2) is 0 Å². The van der Waals surface area contributed by atoms with Gasteiger partial charge in [0.1, 0.15) is 23.9 Å². The van der Waals surface area contributed by atoms with Gasteiger partial charge in [0.25, 0.3) is 0 Å². The van der Waals surface area contributed by atoms with Crippen LogP contribution in [-0.4, -0.2) is 9.78 Å². The fourth-order valence-electron chi connectivity index (χ4n) is 1.77. The van der Waals surface area contributed by atoms with Gasteiger partial charge in [0.05, 0.1) is 6.54 Å². The molecule has 0 bridgehead atoms. The van der Waals surface area contributed by atoms with Crippen LogP contribution in [0.5, 0.6) is 0 Å². The number of nitriles is 3. The molecule has 0 spiro atoms. The van der Waals surface area contributed by atoms with Crippen LogP contribution < -0.4 is 5.32 Å². The maximum absolute atomic E-state index is 9.08. The molecule has 2 rings (SSSR count). The van der Waals surface area contributed by atoms with E-state index in [1.807, 2.05) is 36.5 Å². The van der Waals surface area contributed by atoms with Gasteiger partial charge in [-0.3, -0.25) is 4.68 Å². The molecule has 0 fully saturated rings. The molecule has 2 aromatic rings. The van der Waals surface area contributed by atoms with Crippen molar-refractivity contribution in [3.63, 3.8) is 0 Å². The molecule has 1 heterocycles. The number of anilines is 1. The molecule has 0 saturated carbocycles. The van der Waals surface area contributed by atoms with Crippen molar-refractivity contribution in [2.75, 3.05) is 5.32 Å². The summed E-state index contributed by atoms with van der Waals surface area (Å²) in [5.41, 5.74) is 1.25. The molecule has 0 unspecified atom stereocenters. The minimum absolute atomic E-state index is 0.0621. The monoisotopic (exact) mass is 274 g/mol. The standard InChI is InChI=1S/C15H10N6/c16-8-13(9-17)15(10-18)20-14-5-2-1-4-12(14)11-21-7-3-6-19-21/h1-7,20H,11H2. The van der Waals surface area contributed by atoms with Crippen LogP contribution in [0.4, 0.5) is 5.69 Å². The predicted molar refractivity (Wildman–Crippen MR) is 75.3 cm³/mol. The lowest BCUT2D eigenvalue weighted by atomic mass is 10.1. The molecule has 0 radical (unpaired) electrons. The summed E-state index contributed by atoms with van der Waals surface area (Å²) in [7, 11) is 0. The lowest BCUT2D eigenvalue weighted by Crippen LogP contribution is -2.06. The quantitative estimate of drug-likeness (QED) is 0.861. The normalized spacial score (nSPS) is 9.00. The highest BCUT2D eigenvalue weighted by Crippen LogP contribution is 2.19. The van der Waals surface area contributed by atoms with E-state index in [1.54, 1.807) is 29.1 Å². The van der Waals surface area contributed by atoms with Crippen LogP contribution in [-0.2, 0) is 6.54 Å². The fraction of sp³-hybridized carbons (Fsp3) is 0.0667. The maximum Gasteiger partial charge on any atom is 0.163 e. The van der Waals surface area contributed by atoms with Crippen LogP contribution in [0.3, 0.4) is 0 Å². The van der Waals surface area contributed by atoms with E-state index in [-0.39, 0.29) is 11.3 Å². The van der Waals surface area contributed by atoms with Gasteiger partial charge in [0.15, 0.2) is 5.57 Å². The molecule has 21 heavy (non-hydrogen) atoms. The van der Waals surface area contributed by atoms with Gasteiger partial charge in [-0.15, -0.1) is 0 Å². The third kappa shape index (κ3) is 3.26. The summed E-state index contributed by atoms with van der Waals surface area (Å²) < 4.78 is 1.74. The van der Waals surface area contributed by atoms with Crippen molar-refractivity contribution >= 4 is 5.69 Å². The highest BCUT2D eigenvalue weighted by atomic mass is 15.3. The lowest BCUT2D eigenvalue weighted by Gasteiger charge is -2.11. The summed E-state index contributed by atoms with van der Waals surface area (Å²) in [5.74, 6) is 0. The molecule has 6 nitrogen and oxygen atoms in total. The van der Waals surface area contributed by atoms with Crippen LogP contribution in [0.25, 0.3) is 0 Å². The van der Waals surface area contributed by atoms with E-state index >= 15 is 0 Å². The van der Waals surface area contributed by atoms with Gasteiger partial charge in [0, 0.05) is 18.1 Å². The summed E-state index contributed by atoms with van der Waals surface area (Å²) in [5, 5.41) is 33.7. The summed E-state index contributed by atoms with van der Waals surface area (Å²) in [6.45, 7) is 0.517. The van der Waals surface area contributed by atoms with Gasteiger partial charge in [-0.2, -0.15) is 20.9 Å². The van der Waals surface area contributed by atoms with Crippen molar-refractivity contribution in [1.29, 1.82) is 15.8 Å². The molecule has 0 aliphatic rings. The number of benzene rings is 1. The van der Waals surface area contributed by atoms with Gasteiger partial charge in [-0.1, -0.05) is 18.2 Å². The highest BCUT2D eigenvalue weighted by molar-refractivity contribution is 5.61. The van der Waals surface area contributed by atoms with Crippen LogP contribution in [0.1, 0.15) is 5.56 Å². The summed E-state index contributed by atoms with van der Waals surface area (Å²) >= 11 is 0. The second-order valence-corrected chi connectivity index (χ2v) is 4.07. The Bertz CT molecular complexity index is 765. The molecule has 1 aromatic heterocycles. The summed E-state index contributed by atoms with van der Waals surface area (Å²) in [6, 6.07) is 14.4. The Balaban J connectivity index is 2.34. The molecular weight excluding hydrogens is 264 g/mol. The molecule has 0 aliphatic heterocycles. The third-order valence-electron chi connectivity index (χ3n) is 2.75. The Kier molecular flexibility index (Phi) is 4.33. The number of nitrogens with one attached hydrogen (secondary N) is 1. The molecular formula is C15H10N6. The zero-order valence-electron chi connectivity index (χ0n) is 11.0. The lowest BCUT2D eigenvalue weighted by molar-refractivity contribution is 0.688. The second kappa shape index (κ2) is 6.56. The van der Waals surface area contributed by atoms with Crippen molar-refractivity contribution in [3.8, 4) is 18.2 Å². The SMILES string of the molecule is N#CC(C#N)=C(C#N)Nc1ccccc1Cn1cccn1. The van der Waals surface area contributed by atoms with E-state index in [9.17, 15) is 0 Å². The van der Waals surface area contributed by atoms with Crippen LogP contribution >= 0.6 is 0 Å². The van der Waals surface area contributed by atoms with Crippen molar-refractivity contribution in [2.45, 2.75) is 6.54 Å². The predicted octanol–water partition coefficient (Wildman–Crippen LogP) is 2.17. The van der Waals surface area contributed by atoms with E-state index in [2.05, 4.69) is 10.4 Å². The number of hydrogen-bond donors (Lipinski definition) is 1. The molecule has 0 aliphatic carbocycles. The Morgan fingerprint density at radius 2 is 1.86 bits per heavy atom. The number of hydrogen-bond acceptors (Lipinski definition) is 5. The van der Waals surface area contributed by atoms with Crippen molar-refractivity contribution in [1.82, 2.24) is 9.78 Å². The Morgan fingerprint density at radius 1 is 1.10 bits per heavy atom. The van der Waals surface area contributed by atoms with E-state index in [4.69, 9.17) is 15.8 Å². The smallest absolute Gasteiger partial charge is 0.163 e. The molecule has 1 N–H and O–H groups in total. The highest BCUT2D eigenvalue weighted by Gasteiger charge is 2.09. The Hall–Kier alpha value is -3.56. The first kappa shape index (κ1) is 13.9. The second-order valence-electron chi connectivity index (χ2n) is 4.07. The average Bonchev–Trinajstić information content (AvgIpc) is 3.02. The van der Waals surface area contributed by atoms with Gasteiger partial charge < -0.3 is 5.32 Å². The van der Waals surface area contributed by atoms with Gasteiger partial charge in [-0.05, 0) is 17.7 Å². The average molecular weight is 274 g/mol.